The predicted octanol–water partition coefficient (Wildman–Crippen LogP) is 2.54. The van der Waals surface area contributed by atoms with Crippen LogP contribution in [0.2, 0.25) is 0 Å². The molecule has 0 heterocycles. The third-order valence-corrected chi connectivity index (χ3v) is 3.02. The molecule has 0 saturated heterocycles. The van der Waals surface area contributed by atoms with Gasteiger partial charge in [-0.3, -0.25) is 9.69 Å². The number of hydrogen-bond donors (Lipinski definition) is 0. The predicted molar refractivity (Wildman–Crippen MR) is 74.1 cm³/mol. The highest BCUT2D eigenvalue weighted by molar-refractivity contribution is 5.98. The van der Waals surface area contributed by atoms with Gasteiger partial charge in [-0.05, 0) is 26.0 Å². The second kappa shape index (κ2) is 8.01. The van der Waals surface area contributed by atoms with E-state index in [4.69, 9.17) is 4.74 Å². The maximum Gasteiger partial charge on any atom is 0.177 e. The molecule has 100 valence electrons. The first-order valence-corrected chi connectivity index (χ1v) is 6.58. The van der Waals surface area contributed by atoms with Crippen LogP contribution in [-0.2, 0) is 4.74 Å². The quantitative estimate of drug-likeness (QED) is 0.524. The number of ketones is 1. The van der Waals surface area contributed by atoms with Crippen molar-refractivity contribution in [2.24, 2.45) is 0 Å². The van der Waals surface area contributed by atoms with E-state index in [1.54, 1.807) is 0 Å². The molecule has 1 rings (SSSR count). The van der Waals surface area contributed by atoms with E-state index >= 15 is 0 Å². The Hall–Kier alpha value is -1.19. The zero-order chi connectivity index (χ0) is 13.4. The molecule has 0 N–H and O–H groups in total. The van der Waals surface area contributed by atoms with Crippen molar-refractivity contribution in [1.82, 2.24) is 4.90 Å². The van der Waals surface area contributed by atoms with Crippen molar-refractivity contribution in [3.63, 3.8) is 0 Å². The van der Waals surface area contributed by atoms with Crippen molar-refractivity contribution in [2.45, 2.75) is 20.8 Å². The summed E-state index contributed by atoms with van der Waals surface area (Å²) in [6.07, 6.45) is 0. The molecule has 0 amide bonds. The molecule has 3 nitrogen and oxygen atoms in total. The Kier molecular flexibility index (Phi) is 6.61. The minimum Gasteiger partial charge on any atom is -0.380 e. The van der Waals surface area contributed by atoms with Crippen LogP contribution in [0.5, 0.6) is 0 Å². The van der Waals surface area contributed by atoms with Crippen LogP contribution in [0.25, 0.3) is 0 Å². The zero-order valence-electron chi connectivity index (χ0n) is 11.6. The van der Waals surface area contributed by atoms with E-state index in [0.29, 0.717) is 13.2 Å². The molecule has 1 aromatic carbocycles. The van der Waals surface area contributed by atoms with E-state index in [1.165, 1.54) is 0 Å². The first-order chi connectivity index (χ1) is 8.69. The minimum atomic E-state index is 0.187. The molecule has 3 heteroatoms. The molecule has 0 unspecified atom stereocenters. The SMILES string of the molecule is CCOCCN(CC)CC(=O)c1ccccc1C. The Bertz CT molecular complexity index is 377. The standard InChI is InChI=1S/C15H23NO2/c1-4-16(10-11-18-5-2)12-15(17)14-9-7-6-8-13(14)3/h6-9H,4-5,10-12H2,1-3H3. The molecule has 0 radical (unpaired) electrons. The van der Waals surface area contributed by atoms with Crippen molar-refractivity contribution in [3.8, 4) is 0 Å². The molecule has 0 aliphatic rings. The largest absolute Gasteiger partial charge is 0.380 e. The van der Waals surface area contributed by atoms with Gasteiger partial charge in [0.15, 0.2) is 5.78 Å². The summed E-state index contributed by atoms with van der Waals surface area (Å²) in [7, 11) is 0. The molecule has 0 aliphatic carbocycles. The van der Waals surface area contributed by atoms with Gasteiger partial charge in [0.25, 0.3) is 0 Å². The van der Waals surface area contributed by atoms with E-state index in [2.05, 4.69) is 11.8 Å². The molecule has 0 spiro atoms. The normalized spacial score (nSPS) is 10.9. The van der Waals surface area contributed by atoms with Gasteiger partial charge in [0.05, 0.1) is 13.2 Å². The lowest BCUT2D eigenvalue weighted by Gasteiger charge is -2.19. The number of carbonyl (C=O) groups excluding carboxylic acids is 1. The maximum absolute atomic E-state index is 12.2. The third kappa shape index (κ3) is 4.59. The van der Waals surface area contributed by atoms with Crippen LogP contribution in [-0.4, -0.2) is 43.5 Å². The Morgan fingerprint density at radius 1 is 1.28 bits per heavy atom. The van der Waals surface area contributed by atoms with Gasteiger partial charge < -0.3 is 4.74 Å². The molecule has 0 bridgehead atoms. The average molecular weight is 249 g/mol. The molecular formula is C15H23NO2. The molecule has 0 aliphatic heterocycles. The second-order valence-corrected chi connectivity index (χ2v) is 4.30. The van der Waals surface area contributed by atoms with Gasteiger partial charge in [0, 0.05) is 18.7 Å². The van der Waals surface area contributed by atoms with E-state index in [9.17, 15) is 4.79 Å². The summed E-state index contributed by atoms with van der Waals surface area (Å²) in [6, 6.07) is 7.74. The van der Waals surface area contributed by atoms with Crippen LogP contribution in [0.4, 0.5) is 0 Å². The van der Waals surface area contributed by atoms with Crippen LogP contribution >= 0.6 is 0 Å². The van der Waals surface area contributed by atoms with Crippen molar-refractivity contribution in [2.75, 3.05) is 32.8 Å². The van der Waals surface area contributed by atoms with Crippen molar-refractivity contribution in [3.05, 3.63) is 35.4 Å². The monoisotopic (exact) mass is 249 g/mol. The fourth-order valence-electron chi connectivity index (χ4n) is 1.86. The van der Waals surface area contributed by atoms with Gasteiger partial charge in [-0.2, -0.15) is 0 Å². The number of ether oxygens (including phenoxy) is 1. The lowest BCUT2D eigenvalue weighted by molar-refractivity contribution is 0.0867. The Morgan fingerprint density at radius 3 is 2.61 bits per heavy atom. The maximum atomic E-state index is 12.2. The Morgan fingerprint density at radius 2 is 2.00 bits per heavy atom. The van der Waals surface area contributed by atoms with Crippen LogP contribution in [0.3, 0.4) is 0 Å². The summed E-state index contributed by atoms with van der Waals surface area (Å²) in [4.78, 5) is 14.3. The van der Waals surface area contributed by atoms with Crippen LogP contribution in [0, 0.1) is 6.92 Å². The number of nitrogens with zero attached hydrogens (tertiary/aromatic N) is 1. The average Bonchev–Trinajstić information content (AvgIpc) is 2.38. The van der Waals surface area contributed by atoms with Gasteiger partial charge in [-0.25, -0.2) is 0 Å². The first-order valence-electron chi connectivity index (χ1n) is 6.58. The Labute approximate surface area is 110 Å². The summed E-state index contributed by atoms with van der Waals surface area (Å²) >= 11 is 0. The van der Waals surface area contributed by atoms with Crippen LogP contribution in [0.15, 0.2) is 24.3 Å². The van der Waals surface area contributed by atoms with E-state index in [0.717, 1.165) is 30.8 Å². The number of Topliss-reactive ketones (excluding diaryl/α,β-unsaturated/α-hetero) is 1. The molecular weight excluding hydrogens is 226 g/mol. The molecule has 0 fully saturated rings. The molecule has 0 saturated carbocycles. The van der Waals surface area contributed by atoms with Crippen LogP contribution < -0.4 is 0 Å². The second-order valence-electron chi connectivity index (χ2n) is 4.30. The number of carbonyl (C=O) groups is 1. The highest BCUT2D eigenvalue weighted by Gasteiger charge is 2.12. The molecule has 1 aromatic rings. The number of hydrogen-bond acceptors (Lipinski definition) is 3. The lowest BCUT2D eigenvalue weighted by atomic mass is 10.0. The summed E-state index contributed by atoms with van der Waals surface area (Å²) in [5, 5.41) is 0. The third-order valence-electron chi connectivity index (χ3n) is 3.02. The van der Waals surface area contributed by atoms with E-state index in [-0.39, 0.29) is 5.78 Å². The summed E-state index contributed by atoms with van der Waals surface area (Å²) in [5.41, 5.74) is 1.87. The fourth-order valence-corrected chi connectivity index (χ4v) is 1.86. The van der Waals surface area contributed by atoms with Crippen LogP contribution in [0.1, 0.15) is 29.8 Å². The summed E-state index contributed by atoms with van der Waals surface area (Å²) < 4.78 is 5.32. The van der Waals surface area contributed by atoms with Gasteiger partial charge >= 0.3 is 0 Å². The number of likely N-dealkylation sites (N-methyl/N-ethyl adjacent to an activating group) is 1. The van der Waals surface area contributed by atoms with Gasteiger partial charge in [-0.15, -0.1) is 0 Å². The highest BCUT2D eigenvalue weighted by atomic mass is 16.5. The first kappa shape index (κ1) is 14.9. The molecule has 0 aromatic heterocycles. The smallest absolute Gasteiger partial charge is 0.177 e. The topological polar surface area (TPSA) is 29.5 Å². The zero-order valence-corrected chi connectivity index (χ0v) is 11.6. The number of aryl methyl sites for hydroxylation is 1. The van der Waals surface area contributed by atoms with Crippen molar-refractivity contribution in [1.29, 1.82) is 0 Å². The highest BCUT2D eigenvalue weighted by Crippen LogP contribution is 2.08. The number of rotatable bonds is 8. The Balaban J connectivity index is 2.54. The van der Waals surface area contributed by atoms with Crippen molar-refractivity contribution < 1.29 is 9.53 Å². The van der Waals surface area contributed by atoms with Gasteiger partial charge in [0.2, 0.25) is 0 Å². The van der Waals surface area contributed by atoms with Gasteiger partial charge in [0.1, 0.15) is 0 Å². The van der Waals surface area contributed by atoms with Gasteiger partial charge in [-0.1, -0.05) is 31.2 Å². The summed E-state index contributed by atoms with van der Waals surface area (Å²) in [6.45, 7) is 9.57. The fraction of sp³-hybridized carbons (Fsp3) is 0.533. The summed E-state index contributed by atoms with van der Waals surface area (Å²) in [5.74, 6) is 0.187. The van der Waals surface area contributed by atoms with E-state index in [1.807, 2.05) is 38.1 Å². The number of benzene rings is 1. The molecule has 0 atom stereocenters. The minimum absolute atomic E-state index is 0.187. The molecule has 18 heavy (non-hydrogen) atoms. The van der Waals surface area contributed by atoms with Crippen molar-refractivity contribution >= 4 is 5.78 Å². The van der Waals surface area contributed by atoms with E-state index < -0.39 is 0 Å². The lowest BCUT2D eigenvalue weighted by Crippen LogP contribution is -2.33.